The van der Waals surface area contributed by atoms with Crippen molar-refractivity contribution in [1.29, 1.82) is 0 Å². The molecule has 0 spiro atoms. The topological polar surface area (TPSA) is 24.9 Å². The Balaban J connectivity index is 1.85. The molecule has 0 saturated carbocycles. The van der Waals surface area contributed by atoms with Gasteiger partial charge in [-0.05, 0) is 43.7 Å². The summed E-state index contributed by atoms with van der Waals surface area (Å²) in [7, 11) is 0. The molecule has 2 heterocycles. The second kappa shape index (κ2) is 4.93. The zero-order valence-electron chi connectivity index (χ0n) is 11.7. The van der Waals surface area contributed by atoms with Crippen LogP contribution in [0, 0.1) is 0 Å². The molecule has 0 fully saturated rings. The van der Waals surface area contributed by atoms with Crippen molar-refractivity contribution in [2.24, 2.45) is 0 Å². The molecule has 0 bridgehead atoms. The fraction of sp³-hybridized carbons (Fsp3) is 0.389. The van der Waals surface area contributed by atoms with Gasteiger partial charge in [-0.15, -0.1) is 0 Å². The smallest absolute Gasteiger partial charge is 0.0936 e. The number of hydrogen-bond acceptors (Lipinski definition) is 2. The first-order valence-electron chi connectivity index (χ1n) is 7.74. The molecule has 0 saturated heterocycles. The van der Waals surface area contributed by atoms with E-state index in [1.165, 1.54) is 48.7 Å². The molecule has 4 rings (SSSR count). The van der Waals surface area contributed by atoms with E-state index in [-0.39, 0.29) is 0 Å². The Morgan fingerprint density at radius 1 is 1.15 bits per heavy atom. The van der Waals surface area contributed by atoms with E-state index < -0.39 is 0 Å². The number of pyridine rings is 1. The molecule has 1 aromatic heterocycles. The monoisotopic (exact) mass is 264 g/mol. The Morgan fingerprint density at radius 3 is 3.05 bits per heavy atom. The van der Waals surface area contributed by atoms with E-state index in [9.17, 15) is 0 Å². The van der Waals surface area contributed by atoms with Crippen LogP contribution in [-0.2, 0) is 0 Å². The van der Waals surface area contributed by atoms with Gasteiger partial charge in [0.1, 0.15) is 0 Å². The average molecular weight is 264 g/mol. The normalized spacial score (nSPS) is 22.0. The first-order chi connectivity index (χ1) is 9.93. The van der Waals surface area contributed by atoms with Crippen LogP contribution in [0.2, 0.25) is 0 Å². The van der Waals surface area contributed by atoms with E-state index in [4.69, 9.17) is 0 Å². The minimum absolute atomic E-state index is 0.609. The van der Waals surface area contributed by atoms with Crippen molar-refractivity contribution in [2.45, 2.75) is 38.0 Å². The molecule has 1 aromatic carbocycles. The third-order valence-corrected chi connectivity index (χ3v) is 4.69. The van der Waals surface area contributed by atoms with E-state index >= 15 is 0 Å². The quantitative estimate of drug-likeness (QED) is 0.759. The summed E-state index contributed by atoms with van der Waals surface area (Å²) in [6, 6.07) is 8.70. The van der Waals surface area contributed by atoms with Gasteiger partial charge in [0.25, 0.3) is 0 Å². The van der Waals surface area contributed by atoms with Gasteiger partial charge in [0, 0.05) is 24.0 Å². The predicted octanol–water partition coefficient (Wildman–Crippen LogP) is 4.63. The Labute approximate surface area is 119 Å². The molecule has 1 atom stereocenters. The zero-order chi connectivity index (χ0) is 13.4. The predicted molar refractivity (Wildman–Crippen MR) is 84.1 cm³/mol. The number of nitrogens with zero attached hydrogens (tertiary/aromatic N) is 1. The minimum atomic E-state index is 0.609. The third-order valence-electron chi connectivity index (χ3n) is 4.69. The van der Waals surface area contributed by atoms with Crippen molar-refractivity contribution in [2.75, 3.05) is 11.9 Å². The molecule has 20 heavy (non-hydrogen) atoms. The van der Waals surface area contributed by atoms with Crippen molar-refractivity contribution >= 4 is 16.6 Å². The molecule has 1 aliphatic carbocycles. The number of aromatic nitrogens is 1. The second-order valence-electron chi connectivity index (χ2n) is 5.90. The maximum atomic E-state index is 4.59. The molecule has 0 radical (unpaired) electrons. The van der Waals surface area contributed by atoms with Gasteiger partial charge in [0.15, 0.2) is 0 Å². The summed E-state index contributed by atoms with van der Waals surface area (Å²) in [4.78, 5) is 4.59. The number of allylic oxidation sites excluding steroid dienone is 2. The zero-order valence-corrected chi connectivity index (χ0v) is 11.7. The lowest BCUT2D eigenvalue weighted by Crippen LogP contribution is -2.19. The van der Waals surface area contributed by atoms with Crippen molar-refractivity contribution < 1.29 is 0 Å². The van der Waals surface area contributed by atoms with Crippen LogP contribution in [0.25, 0.3) is 10.9 Å². The maximum Gasteiger partial charge on any atom is 0.0936 e. The largest absolute Gasteiger partial charge is 0.383 e. The average Bonchev–Trinajstić information content (AvgIpc) is 2.55. The fourth-order valence-electron chi connectivity index (χ4n) is 3.70. The minimum Gasteiger partial charge on any atom is -0.383 e. The third kappa shape index (κ3) is 1.91. The molecule has 2 heteroatoms. The summed E-state index contributed by atoms with van der Waals surface area (Å²) in [5.41, 5.74) is 5.52. The lowest BCUT2D eigenvalue weighted by atomic mass is 9.80. The van der Waals surface area contributed by atoms with Gasteiger partial charge in [-0.25, -0.2) is 0 Å². The number of benzene rings is 1. The molecule has 102 valence electrons. The molecule has 1 unspecified atom stereocenters. The van der Waals surface area contributed by atoms with Crippen LogP contribution >= 0.6 is 0 Å². The molecule has 2 aromatic rings. The van der Waals surface area contributed by atoms with Gasteiger partial charge in [0.05, 0.1) is 11.2 Å². The highest BCUT2D eigenvalue weighted by molar-refractivity contribution is 5.93. The molecule has 2 aliphatic rings. The summed E-state index contributed by atoms with van der Waals surface area (Å²) >= 11 is 0. The Kier molecular flexibility index (Phi) is 2.95. The van der Waals surface area contributed by atoms with Crippen molar-refractivity contribution in [3.8, 4) is 0 Å². The molecule has 1 N–H and O–H groups in total. The lowest BCUT2D eigenvalue weighted by Gasteiger charge is -2.30. The Bertz CT molecular complexity index is 672. The van der Waals surface area contributed by atoms with Gasteiger partial charge < -0.3 is 5.32 Å². The second-order valence-corrected chi connectivity index (χ2v) is 5.90. The van der Waals surface area contributed by atoms with Crippen LogP contribution in [0.15, 0.2) is 42.1 Å². The maximum absolute atomic E-state index is 4.59. The van der Waals surface area contributed by atoms with E-state index in [2.05, 4.69) is 34.6 Å². The first kappa shape index (κ1) is 12.0. The highest BCUT2D eigenvalue weighted by Gasteiger charge is 2.25. The molecular weight excluding hydrogens is 244 g/mol. The fourth-order valence-corrected chi connectivity index (χ4v) is 3.70. The SMILES string of the molecule is C1=C(C2CCNc3c2ccc2cccnc32)CCCC1. The number of rotatable bonds is 1. The summed E-state index contributed by atoms with van der Waals surface area (Å²) in [6.45, 7) is 1.06. The van der Waals surface area contributed by atoms with Crippen LogP contribution in [0.4, 0.5) is 5.69 Å². The highest BCUT2D eigenvalue weighted by Crippen LogP contribution is 2.42. The van der Waals surface area contributed by atoms with Crippen LogP contribution < -0.4 is 5.32 Å². The van der Waals surface area contributed by atoms with Crippen LogP contribution in [0.3, 0.4) is 0 Å². The van der Waals surface area contributed by atoms with Gasteiger partial charge in [-0.3, -0.25) is 4.98 Å². The summed E-state index contributed by atoms with van der Waals surface area (Å²) in [6.07, 6.45) is 10.9. The Hall–Kier alpha value is -1.83. The van der Waals surface area contributed by atoms with E-state index in [1.807, 2.05) is 12.3 Å². The van der Waals surface area contributed by atoms with Crippen molar-refractivity contribution in [1.82, 2.24) is 4.98 Å². The number of nitrogens with one attached hydrogen (secondary N) is 1. The van der Waals surface area contributed by atoms with Gasteiger partial charge in [0.2, 0.25) is 0 Å². The number of hydrogen-bond donors (Lipinski definition) is 1. The van der Waals surface area contributed by atoms with E-state index in [0.717, 1.165) is 12.1 Å². The van der Waals surface area contributed by atoms with Crippen LogP contribution in [-0.4, -0.2) is 11.5 Å². The first-order valence-corrected chi connectivity index (χ1v) is 7.74. The lowest BCUT2D eigenvalue weighted by molar-refractivity contribution is 0.612. The molecular formula is C18H20N2. The molecule has 2 nitrogen and oxygen atoms in total. The summed E-state index contributed by atoms with van der Waals surface area (Å²) in [5.74, 6) is 0.609. The number of fused-ring (bicyclic) bond motifs is 3. The summed E-state index contributed by atoms with van der Waals surface area (Å²) in [5, 5.41) is 4.82. The van der Waals surface area contributed by atoms with E-state index in [1.54, 1.807) is 5.57 Å². The van der Waals surface area contributed by atoms with Gasteiger partial charge in [-0.1, -0.05) is 29.8 Å². The van der Waals surface area contributed by atoms with Gasteiger partial charge >= 0.3 is 0 Å². The standard InChI is InChI=1S/C18H20N2/c1-2-5-13(6-3-1)15-10-12-20-18-16(15)9-8-14-7-4-11-19-17(14)18/h4-5,7-9,11,15,20H,1-3,6,10,12H2. The van der Waals surface area contributed by atoms with Crippen LogP contribution in [0.5, 0.6) is 0 Å². The van der Waals surface area contributed by atoms with E-state index in [0.29, 0.717) is 5.92 Å². The Morgan fingerprint density at radius 2 is 2.15 bits per heavy atom. The van der Waals surface area contributed by atoms with Crippen molar-refractivity contribution in [3.63, 3.8) is 0 Å². The van der Waals surface area contributed by atoms with Crippen molar-refractivity contribution in [3.05, 3.63) is 47.7 Å². The molecule has 1 aliphatic heterocycles. The number of anilines is 1. The highest BCUT2D eigenvalue weighted by atomic mass is 14.9. The molecule has 0 amide bonds. The van der Waals surface area contributed by atoms with Gasteiger partial charge in [-0.2, -0.15) is 0 Å². The van der Waals surface area contributed by atoms with Crippen LogP contribution in [0.1, 0.15) is 43.6 Å². The summed E-state index contributed by atoms with van der Waals surface area (Å²) < 4.78 is 0.